The van der Waals surface area contributed by atoms with Gasteiger partial charge in [0.1, 0.15) is 5.82 Å². The second-order valence-electron chi connectivity index (χ2n) is 9.27. The fraction of sp³-hybridized carbons (Fsp3) is 0.250. The molecular weight excluding hydrogens is 549 g/mol. The van der Waals surface area contributed by atoms with Crippen LogP contribution in [-0.2, 0) is 4.74 Å². The van der Waals surface area contributed by atoms with Crippen LogP contribution in [0.4, 0.5) is 25.1 Å². The van der Waals surface area contributed by atoms with Crippen molar-refractivity contribution in [2.45, 2.75) is 38.1 Å². The quantitative estimate of drug-likeness (QED) is 0.248. The van der Waals surface area contributed by atoms with Gasteiger partial charge in [0, 0.05) is 22.5 Å². The van der Waals surface area contributed by atoms with E-state index in [2.05, 4.69) is 10.4 Å². The number of nitrogens with one attached hydrogen (secondary N) is 1. The lowest BCUT2D eigenvalue weighted by Gasteiger charge is -2.34. The highest BCUT2D eigenvalue weighted by atomic mass is 35.5. The van der Waals surface area contributed by atoms with Crippen LogP contribution in [0.1, 0.15) is 42.5 Å². The van der Waals surface area contributed by atoms with E-state index in [9.17, 15) is 18.4 Å². The number of rotatable bonds is 5. The number of esters is 1. The lowest BCUT2D eigenvalue weighted by Crippen LogP contribution is -2.45. The molecule has 5 rings (SSSR count). The van der Waals surface area contributed by atoms with Crippen LogP contribution in [-0.4, -0.2) is 34.9 Å². The smallest absolute Gasteiger partial charge is 0.337 e. The first-order valence-corrected chi connectivity index (χ1v) is 13.1. The molecule has 0 aliphatic heterocycles. The molecule has 1 saturated carbocycles. The summed E-state index contributed by atoms with van der Waals surface area (Å²) < 4.78 is 35.0. The van der Waals surface area contributed by atoms with Crippen molar-refractivity contribution in [2.75, 3.05) is 17.3 Å². The van der Waals surface area contributed by atoms with Gasteiger partial charge in [0.05, 0.1) is 34.6 Å². The maximum Gasteiger partial charge on any atom is 0.337 e. The van der Waals surface area contributed by atoms with Crippen molar-refractivity contribution >= 4 is 57.6 Å². The lowest BCUT2D eigenvalue weighted by molar-refractivity contribution is 0.0600. The van der Waals surface area contributed by atoms with Crippen molar-refractivity contribution < 1.29 is 23.1 Å². The Morgan fingerprint density at radius 2 is 1.69 bits per heavy atom. The van der Waals surface area contributed by atoms with E-state index in [1.54, 1.807) is 29.2 Å². The summed E-state index contributed by atoms with van der Waals surface area (Å²) in [6, 6.07) is 12.5. The standard InChI is InChI=1S/C28H24Cl2F2N4O3/c1-39-27(37)16-7-12-24(21(30)13-16)33-28(38)35(18-5-3-2-4-6-18)26-20-14-22(31)23(32)15-25(20)34-36(26)19-10-8-17(29)9-11-19/h7-15,18H,2-6H2,1H3,(H,33,38). The van der Waals surface area contributed by atoms with Crippen LogP contribution in [0.25, 0.3) is 16.6 Å². The van der Waals surface area contributed by atoms with Crippen LogP contribution >= 0.6 is 23.2 Å². The minimum Gasteiger partial charge on any atom is -0.465 e. The number of hydrogen-bond acceptors (Lipinski definition) is 4. The summed E-state index contributed by atoms with van der Waals surface area (Å²) in [6.07, 6.45) is 4.25. The van der Waals surface area contributed by atoms with Crippen LogP contribution in [0.15, 0.2) is 54.6 Å². The van der Waals surface area contributed by atoms with Crippen molar-refractivity contribution in [3.05, 3.63) is 81.8 Å². The predicted molar refractivity (Wildman–Crippen MR) is 147 cm³/mol. The van der Waals surface area contributed by atoms with Crippen LogP contribution in [0.3, 0.4) is 0 Å². The average Bonchev–Trinajstić information content (AvgIpc) is 3.28. The number of halogens is 4. The molecule has 0 bridgehead atoms. The maximum absolute atomic E-state index is 14.5. The molecule has 0 unspecified atom stereocenters. The summed E-state index contributed by atoms with van der Waals surface area (Å²) >= 11 is 12.5. The van der Waals surface area contributed by atoms with Gasteiger partial charge in [-0.15, -0.1) is 0 Å². The van der Waals surface area contributed by atoms with E-state index in [0.29, 0.717) is 23.6 Å². The number of methoxy groups -OCH3 is 1. The largest absolute Gasteiger partial charge is 0.465 e. The van der Waals surface area contributed by atoms with E-state index in [0.717, 1.165) is 31.4 Å². The third-order valence-corrected chi connectivity index (χ3v) is 7.34. The molecule has 1 aliphatic carbocycles. The number of carbonyl (C=O) groups excluding carboxylic acids is 2. The zero-order chi connectivity index (χ0) is 27.7. The number of hydrogen-bond donors (Lipinski definition) is 1. The molecule has 0 atom stereocenters. The monoisotopic (exact) mass is 572 g/mol. The molecule has 3 aromatic carbocycles. The Bertz CT molecular complexity index is 1550. The summed E-state index contributed by atoms with van der Waals surface area (Å²) in [5, 5.41) is 8.29. The van der Waals surface area contributed by atoms with Crippen molar-refractivity contribution in [3.63, 3.8) is 0 Å². The van der Waals surface area contributed by atoms with Gasteiger partial charge in [0.25, 0.3) is 0 Å². The highest BCUT2D eigenvalue weighted by Crippen LogP contribution is 2.37. The molecule has 1 heterocycles. The molecule has 1 N–H and O–H groups in total. The van der Waals surface area contributed by atoms with Crippen LogP contribution in [0.5, 0.6) is 0 Å². The second kappa shape index (κ2) is 11.2. The maximum atomic E-state index is 14.5. The number of amides is 2. The van der Waals surface area contributed by atoms with Gasteiger partial charge in [0.15, 0.2) is 11.6 Å². The van der Waals surface area contributed by atoms with Gasteiger partial charge in [-0.2, -0.15) is 5.10 Å². The number of urea groups is 1. The number of nitrogens with zero attached hydrogens (tertiary/aromatic N) is 3. The summed E-state index contributed by atoms with van der Waals surface area (Å²) in [5.41, 5.74) is 1.25. The normalized spacial score (nSPS) is 13.9. The molecule has 4 aromatic rings. The highest BCUT2D eigenvalue weighted by Gasteiger charge is 2.33. The Morgan fingerprint density at radius 1 is 1.00 bits per heavy atom. The van der Waals surface area contributed by atoms with E-state index in [4.69, 9.17) is 27.9 Å². The number of anilines is 2. The number of ether oxygens (including phenoxy) is 1. The fourth-order valence-electron chi connectivity index (χ4n) is 4.87. The number of benzene rings is 3. The van der Waals surface area contributed by atoms with E-state index in [1.165, 1.54) is 30.0 Å². The van der Waals surface area contributed by atoms with Crippen molar-refractivity contribution in [3.8, 4) is 5.69 Å². The van der Waals surface area contributed by atoms with Gasteiger partial charge in [-0.05, 0) is 61.4 Å². The Labute approximate surface area is 233 Å². The van der Waals surface area contributed by atoms with Gasteiger partial charge in [-0.25, -0.2) is 23.1 Å². The van der Waals surface area contributed by atoms with Crippen molar-refractivity contribution in [1.29, 1.82) is 0 Å². The van der Waals surface area contributed by atoms with Crippen molar-refractivity contribution in [2.24, 2.45) is 0 Å². The third-order valence-electron chi connectivity index (χ3n) is 6.78. The average molecular weight is 573 g/mol. The second-order valence-corrected chi connectivity index (χ2v) is 10.1. The fourth-order valence-corrected chi connectivity index (χ4v) is 5.23. The zero-order valence-corrected chi connectivity index (χ0v) is 22.4. The Hall–Kier alpha value is -3.69. The van der Waals surface area contributed by atoms with Gasteiger partial charge < -0.3 is 10.1 Å². The first kappa shape index (κ1) is 26.9. The highest BCUT2D eigenvalue weighted by molar-refractivity contribution is 6.34. The summed E-state index contributed by atoms with van der Waals surface area (Å²) in [7, 11) is 1.26. The van der Waals surface area contributed by atoms with E-state index in [-0.39, 0.29) is 39.0 Å². The molecule has 1 aromatic heterocycles. The van der Waals surface area contributed by atoms with E-state index < -0.39 is 23.6 Å². The first-order chi connectivity index (χ1) is 18.8. The molecule has 0 saturated heterocycles. The molecule has 39 heavy (non-hydrogen) atoms. The van der Waals surface area contributed by atoms with Gasteiger partial charge in [-0.3, -0.25) is 4.90 Å². The predicted octanol–water partition coefficient (Wildman–Crippen LogP) is 7.77. The zero-order valence-electron chi connectivity index (χ0n) is 20.9. The van der Waals surface area contributed by atoms with E-state index in [1.807, 2.05) is 0 Å². The third kappa shape index (κ3) is 5.42. The molecule has 1 fully saturated rings. The molecule has 2 amide bonds. The molecule has 11 heteroatoms. The van der Waals surface area contributed by atoms with Crippen molar-refractivity contribution in [1.82, 2.24) is 9.78 Å². The minimum atomic E-state index is -1.05. The number of carbonyl (C=O) groups is 2. The van der Waals surface area contributed by atoms with Gasteiger partial charge >= 0.3 is 12.0 Å². The lowest BCUT2D eigenvalue weighted by atomic mass is 9.94. The Morgan fingerprint density at radius 3 is 2.36 bits per heavy atom. The number of aromatic nitrogens is 2. The molecular formula is C28H24Cl2F2N4O3. The van der Waals surface area contributed by atoms with Crippen LogP contribution in [0.2, 0.25) is 10.0 Å². The SMILES string of the molecule is COC(=O)c1ccc(NC(=O)N(c2c3cc(F)c(F)cc3nn2-c2ccc(Cl)cc2)C2CCCCC2)c(Cl)c1. The molecule has 0 spiro atoms. The summed E-state index contributed by atoms with van der Waals surface area (Å²) in [5.74, 6) is -2.37. The molecule has 0 radical (unpaired) electrons. The summed E-state index contributed by atoms with van der Waals surface area (Å²) in [4.78, 5) is 27.4. The van der Waals surface area contributed by atoms with Crippen LogP contribution in [0, 0.1) is 11.6 Å². The minimum absolute atomic E-state index is 0.138. The Balaban J connectivity index is 1.65. The first-order valence-electron chi connectivity index (χ1n) is 12.4. The van der Waals surface area contributed by atoms with E-state index >= 15 is 0 Å². The molecule has 202 valence electrons. The topological polar surface area (TPSA) is 76.5 Å². The molecule has 1 aliphatic rings. The summed E-state index contributed by atoms with van der Waals surface area (Å²) in [6.45, 7) is 0. The van der Waals surface area contributed by atoms with Crippen LogP contribution < -0.4 is 10.2 Å². The van der Waals surface area contributed by atoms with Gasteiger partial charge in [0.2, 0.25) is 0 Å². The van der Waals surface area contributed by atoms with Gasteiger partial charge in [-0.1, -0.05) is 42.5 Å². The Kier molecular flexibility index (Phi) is 7.72. The number of fused-ring (bicyclic) bond motifs is 1. The molecule has 7 nitrogen and oxygen atoms in total.